The molecule has 0 radical (unpaired) electrons. The maximum absolute atomic E-state index is 12.4. The van der Waals surface area contributed by atoms with Gasteiger partial charge in [0, 0.05) is 24.2 Å². The van der Waals surface area contributed by atoms with E-state index in [-0.39, 0.29) is 11.8 Å². The summed E-state index contributed by atoms with van der Waals surface area (Å²) in [6, 6.07) is 12.5. The summed E-state index contributed by atoms with van der Waals surface area (Å²) in [6.45, 7) is 2.54. The Balaban J connectivity index is 1.74. The van der Waals surface area contributed by atoms with E-state index in [1.807, 2.05) is 24.3 Å². The van der Waals surface area contributed by atoms with Crippen LogP contribution in [0, 0.1) is 0 Å². The smallest absolute Gasteiger partial charge is 0.271 e. The van der Waals surface area contributed by atoms with E-state index in [2.05, 4.69) is 10.5 Å². The van der Waals surface area contributed by atoms with Gasteiger partial charge in [-0.2, -0.15) is 5.10 Å². The lowest BCUT2D eigenvalue weighted by atomic mass is 10.1. The van der Waals surface area contributed by atoms with E-state index < -0.39 is 0 Å². The van der Waals surface area contributed by atoms with Gasteiger partial charge in [0.05, 0.1) is 19.9 Å². The number of carbonyl (C=O) groups excluding carboxylic acids is 2. The molecule has 0 spiro atoms. The Morgan fingerprint density at radius 2 is 1.86 bits per heavy atom. The highest BCUT2D eigenvalue weighted by Crippen LogP contribution is 2.27. The first-order valence-corrected chi connectivity index (χ1v) is 9.01. The van der Waals surface area contributed by atoms with Crippen LogP contribution < -0.4 is 19.8 Å². The highest BCUT2D eigenvalue weighted by molar-refractivity contribution is 6.03. The van der Waals surface area contributed by atoms with E-state index in [0.29, 0.717) is 29.2 Å². The van der Waals surface area contributed by atoms with Crippen LogP contribution >= 0.6 is 0 Å². The predicted molar refractivity (Wildman–Crippen MR) is 107 cm³/mol. The summed E-state index contributed by atoms with van der Waals surface area (Å²) in [5.74, 6) is 0.797. The van der Waals surface area contributed by atoms with Crippen LogP contribution in [0.15, 0.2) is 47.6 Å². The summed E-state index contributed by atoms with van der Waals surface area (Å²) in [5.41, 5.74) is 5.29. The number of hydrazone groups is 1. The maximum Gasteiger partial charge on any atom is 0.271 e. The Morgan fingerprint density at radius 1 is 1.07 bits per heavy atom. The Labute approximate surface area is 163 Å². The standard InChI is InChI=1S/C21H23N3O4/c1-14(15-6-4-7-17(12-15)24-11-5-8-20(24)25)22-23-21(26)16-9-10-18(27-2)19(13-16)28-3/h4,6-7,9-10,12-13H,5,8,11H2,1-3H3,(H,23,26)/b22-14-. The zero-order valence-corrected chi connectivity index (χ0v) is 16.2. The molecule has 2 aromatic rings. The summed E-state index contributed by atoms with van der Waals surface area (Å²) < 4.78 is 10.4. The van der Waals surface area contributed by atoms with E-state index in [1.54, 1.807) is 30.0 Å². The number of nitrogens with one attached hydrogen (secondary N) is 1. The van der Waals surface area contributed by atoms with Gasteiger partial charge >= 0.3 is 0 Å². The molecule has 1 N–H and O–H groups in total. The molecular weight excluding hydrogens is 358 g/mol. The number of nitrogens with zero attached hydrogens (tertiary/aromatic N) is 2. The van der Waals surface area contributed by atoms with Crippen LogP contribution in [0.5, 0.6) is 11.5 Å². The minimum Gasteiger partial charge on any atom is -0.493 e. The molecule has 1 saturated heterocycles. The van der Waals surface area contributed by atoms with Crippen molar-refractivity contribution < 1.29 is 19.1 Å². The van der Waals surface area contributed by atoms with Gasteiger partial charge in [-0.15, -0.1) is 0 Å². The summed E-state index contributed by atoms with van der Waals surface area (Å²) >= 11 is 0. The molecule has 7 nitrogen and oxygen atoms in total. The molecule has 0 unspecified atom stereocenters. The third-order valence-corrected chi connectivity index (χ3v) is 4.62. The van der Waals surface area contributed by atoms with Crippen molar-refractivity contribution in [1.82, 2.24) is 5.43 Å². The highest BCUT2D eigenvalue weighted by atomic mass is 16.5. The lowest BCUT2D eigenvalue weighted by Crippen LogP contribution is -2.24. The Hall–Kier alpha value is -3.35. The van der Waals surface area contributed by atoms with Crippen LogP contribution in [-0.2, 0) is 4.79 Å². The lowest BCUT2D eigenvalue weighted by Gasteiger charge is -2.16. The van der Waals surface area contributed by atoms with Crippen LogP contribution in [0.25, 0.3) is 0 Å². The van der Waals surface area contributed by atoms with E-state index in [1.165, 1.54) is 14.2 Å². The van der Waals surface area contributed by atoms with Gasteiger partial charge in [0.1, 0.15) is 0 Å². The zero-order chi connectivity index (χ0) is 20.1. The van der Waals surface area contributed by atoms with Gasteiger partial charge in [0.15, 0.2) is 11.5 Å². The summed E-state index contributed by atoms with van der Waals surface area (Å²) in [7, 11) is 3.05. The molecule has 1 heterocycles. The van der Waals surface area contributed by atoms with Crippen molar-refractivity contribution in [2.75, 3.05) is 25.7 Å². The molecule has 0 aliphatic carbocycles. The second kappa shape index (κ2) is 8.56. The van der Waals surface area contributed by atoms with Crippen LogP contribution in [0.2, 0.25) is 0 Å². The zero-order valence-electron chi connectivity index (χ0n) is 16.2. The van der Waals surface area contributed by atoms with Crippen LogP contribution in [0.4, 0.5) is 5.69 Å². The number of amides is 2. The highest BCUT2D eigenvalue weighted by Gasteiger charge is 2.21. The number of hydrogen-bond acceptors (Lipinski definition) is 5. The average Bonchev–Trinajstić information content (AvgIpc) is 3.17. The molecule has 7 heteroatoms. The van der Waals surface area contributed by atoms with Crippen molar-refractivity contribution in [3.63, 3.8) is 0 Å². The van der Waals surface area contributed by atoms with Crippen LogP contribution in [-0.4, -0.2) is 38.3 Å². The minimum absolute atomic E-state index is 0.133. The van der Waals surface area contributed by atoms with E-state index >= 15 is 0 Å². The molecule has 0 bridgehead atoms. The van der Waals surface area contributed by atoms with Crippen LogP contribution in [0.3, 0.4) is 0 Å². The SMILES string of the molecule is COc1ccc(C(=O)N/N=C(/C)c2cccc(N3CCCC3=O)c2)cc1OC. The van der Waals surface area contributed by atoms with Gasteiger partial charge in [-0.05, 0) is 49.2 Å². The number of methoxy groups -OCH3 is 2. The first kappa shape index (κ1) is 19.4. The molecule has 28 heavy (non-hydrogen) atoms. The Bertz CT molecular complexity index is 924. The molecule has 1 aliphatic heterocycles. The first-order chi connectivity index (χ1) is 13.5. The van der Waals surface area contributed by atoms with Crippen LogP contribution in [0.1, 0.15) is 35.7 Å². The maximum atomic E-state index is 12.4. The number of anilines is 1. The fourth-order valence-electron chi connectivity index (χ4n) is 3.06. The molecule has 2 aromatic carbocycles. The van der Waals surface area contributed by atoms with E-state index in [9.17, 15) is 9.59 Å². The normalized spacial score (nSPS) is 14.2. The second-order valence-electron chi connectivity index (χ2n) is 6.41. The van der Waals surface area contributed by atoms with Gasteiger partial charge < -0.3 is 14.4 Å². The number of ether oxygens (including phenoxy) is 2. The van der Waals surface area contributed by atoms with E-state index in [4.69, 9.17) is 9.47 Å². The van der Waals surface area contributed by atoms with Crippen molar-refractivity contribution >= 4 is 23.2 Å². The largest absolute Gasteiger partial charge is 0.493 e. The third kappa shape index (κ3) is 4.14. The molecule has 146 valence electrons. The predicted octanol–water partition coefficient (Wildman–Crippen LogP) is 2.98. The number of benzene rings is 2. The van der Waals surface area contributed by atoms with Crippen molar-refractivity contribution in [1.29, 1.82) is 0 Å². The summed E-state index contributed by atoms with van der Waals surface area (Å²) in [6.07, 6.45) is 1.45. The monoisotopic (exact) mass is 381 g/mol. The Morgan fingerprint density at radius 3 is 2.54 bits per heavy atom. The van der Waals surface area contributed by atoms with Crippen molar-refractivity contribution in [2.24, 2.45) is 5.10 Å². The summed E-state index contributed by atoms with van der Waals surface area (Å²) in [5, 5.41) is 4.20. The fourth-order valence-corrected chi connectivity index (χ4v) is 3.06. The molecule has 0 aromatic heterocycles. The summed E-state index contributed by atoms with van der Waals surface area (Å²) in [4.78, 5) is 26.1. The van der Waals surface area contributed by atoms with E-state index in [0.717, 1.165) is 24.2 Å². The van der Waals surface area contributed by atoms with Gasteiger partial charge in [-0.1, -0.05) is 12.1 Å². The molecule has 2 amide bonds. The molecule has 0 atom stereocenters. The fraction of sp³-hybridized carbons (Fsp3) is 0.286. The lowest BCUT2D eigenvalue weighted by molar-refractivity contribution is -0.117. The van der Waals surface area contributed by atoms with Crippen molar-refractivity contribution in [3.05, 3.63) is 53.6 Å². The third-order valence-electron chi connectivity index (χ3n) is 4.62. The number of hydrogen-bond donors (Lipinski definition) is 1. The topological polar surface area (TPSA) is 80.2 Å². The average molecular weight is 381 g/mol. The van der Waals surface area contributed by atoms with Gasteiger partial charge in [-0.3, -0.25) is 9.59 Å². The quantitative estimate of drug-likeness (QED) is 0.616. The van der Waals surface area contributed by atoms with Crippen molar-refractivity contribution in [2.45, 2.75) is 19.8 Å². The Kier molecular flexibility index (Phi) is 5.93. The molecule has 0 saturated carbocycles. The first-order valence-electron chi connectivity index (χ1n) is 9.01. The minimum atomic E-state index is -0.355. The molecule has 3 rings (SSSR count). The second-order valence-corrected chi connectivity index (χ2v) is 6.41. The molecular formula is C21H23N3O4. The van der Waals surface area contributed by atoms with Gasteiger partial charge in [0.25, 0.3) is 5.91 Å². The van der Waals surface area contributed by atoms with Crippen molar-refractivity contribution in [3.8, 4) is 11.5 Å². The number of carbonyl (C=O) groups is 2. The number of rotatable bonds is 6. The molecule has 1 fully saturated rings. The van der Waals surface area contributed by atoms with Gasteiger partial charge in [0.2, 0.25) is 5.91 Å². The molecule has 1 aliphatic rings. The van der Waals surface area contributed by atoms with Gasteiger partial charge in [-0.25, -0.2) is 5.43 Å².